The SMILES string of the molecule is CCCNC1CCCN(c2cc(Cl)ccc2F)C1. The summed E-state index contributed by atoms with van der Waals surface area (Å²) in [5, 5.41) is 4.10. The Balaban J connectivity index is 2.05. The highest BCUT2D eigenvalue weighted by molar-refractivity contribution is 6.30. The number of hydrogen-bond acceptors (Lipinski definition) is 2. The summed E-state index contributed by atoms with van der Waals surface area (Å²) >= 11 is 5.95. The average Bonchev–Trinajstić information content (AvgIpc) is 2.39. The van der Waals surface area contributed by atoms with Gasteiger partial charge >= 0.3 is 0 Å². The van der Waals surface area contributed by atoms with Gasteiger partial charge in [-0.25, -0.2) is 4.39 Å². The standard InChI is InChI=1S/C14H20ClFN2/c1-2-7-17-12-4-3-8-18(10-12)14-9-11(15)5-6-13(14)16/h5-6,9,12,17H,2-4,7-8,10H2,1H3. The molecule has 1 unspecified atom stereocenters. The number of anilines is 1. The molecule has 1 aromatic rings. The molecule has 0 radical (unpaired) electrons. The van der Waals surface area contributed by atoms with Gasteiger partial charge in [-0.1, -0.05) is 18.5 Å². The Kier molecular flexibility index (Phi) is 4.84. The lowest BCUT2D eigenvalue weighted by Crippen LogP contribution is -2.46. The lowest BCUT2D eigenvalue weighted by molar-refractivity contribution is 0.420. The second-order valence-corrected chi connectivity index (χ2v) is 5.27. The van der Waals surface area contributed by atoms with Crippen LogP contribution in [0, 0.1) is 5.82 Å². The van der Waals surface area contributed by atoms with Crippen molar-refractivity contribution < 1.29 is 4.39 Å². The van der Waals surface area contributed by atoms with Gasteiger partial charge in [-0.2, -0.15) is 0 Å². The predicted molar refractivity (Wildman–Crippen MR) is 74.9 cm³/mol. The van der Waals surface area contributed by atoms with Gasteiger partial charge in [0.05, 0.1) is 5.69 Å². The van der Waals surface area contributed by atoms with Gasteiger partial charge in [0.25, 0.3) is 0 Å². The molecule has 1 aromatic carbocycles. The van der Waals surface area contributed by atoms with Crippen molar-refractivity contribution in [2.24, 2.45) is 0 Å². The van der Waals surface area contributed by atoms with E-state index in [9.17, 15) is 4.39 Å². The smallest absolute Gasteiger partial charge is 0.146 e. The van der Waals surface area contributed by atoms with Gasteiger partial charge < -0.3 is 10.2 Å². The fraction of sp³-hybridized carbons (Fsp3) is 0.571. The molecule has 0 spiro atoms. The number of nitrogens with zero attached hydrogens (tertiary/aromatic N) is 1. The van der Waals surface area contributed by atoms with Crippen molar-refractivity contribution in [1.82, 2.24) is 5.32 Å². The zero-order chi connectivity index (χ0) is 13.0. The van der Waals surface area contributed by atoms with Gasteiger partial charge in [0.2, 0.25) is 0 Å². The van der Waals surface area contributed by atoms with Crippen LogP contribution >= 0.6 is 11.6 Å². The van der Waals surface area contributed by atoms with E-state index in [0.717, 1.165) is 32.5 Å². The molecule has 0 aromatic heterocycles. The lowest BCUT2D eigenvalue weighted by atomic mass is 10.0. The van der Waals surface area contributed by atoms with Gasteiger partial charge in [-0.05, 0) is 44.0 Å². The first-order chi connectivity index (χ1) is 8.70. The zero-order valence-corrected chi connectivity index (χ0v) is 11.5. The normalized spacial score (nSPS) is 20.2. The van der Waals surface area contributed by atoms with E-state index in [4.69, 9.17) is 11.6 Å². The molecule has 1 heterocycles. The van der Waals surface area contributed by atoms with Crippen molar-refractivity contribution in [2.75, 3.05) is 24.5 Å². The first kappa shape index (κ1) is 13.6. The number of halogens is 2. The third-order valence-electron chi connectivity index (χ3n) is 3.35. The monoisotopic (exact) mass is 270 g/mol. The maximum absolute atomic E-state index is 13.8. The van der Waals surface area contributed by atoms with Crippen molar-refractivity contribution in [3.05, 3.63) is 29.0 Å². The maximum Gasteiger partial charge on any atom is 0.146 e. The first-order valence-electron chi connectivity index (χ1n) is 6.64. The van der Waals surface area contributed by atoms with E-state index < -0.39 is 0 Å². The molecule has 1 aliphatic rings. The van der Waals surface area contributed by atoms with Gasteiger partial charge in [-0.15, -0.1) is 0 Å². The molecule has 1 aliphatic heterocycles. The average molecular weight is 271 g/mol. The molecule has 4 heteroatoms. The van der Waals surface area contributed by atoms with E-state index in [-0.39, 0.29) is 5.82 Å². The summed E-state index contributed by atoms with van der Waals surface area (Å²) in [4.78, 5) is 2.10. The van der Waals surface area contributed by atoms with Crippen LogP contribution in [-0.2, 0) is 0 Å². The highest BCUT2D eigenvalue weighted by atomic mass is 35.5. The molecule has 0 saturated carbocycles. The highest BCUT2D eigenvalue weighted by Gasteiger charge is 2.21. The molecule has 1 N–H and O–H groups in total. The predicted octanol–water partition coefficient (Wildman–Crippen LogP) is 3.45. The number of benzene rings is 1. The summed E-state index contributed by atoms with van der Waals surface area (Å²) in [7, 11) is 0. The summed E-state index contributed by atoms with van der Waals surface area (Å²) in [5.74, 6) is -0.185. The number of nitrogens with one attached hydrogen (secondary N) is 1. The summed E-state index contributed by atoms with van der Waals surface area (Å²) in [5.41, 5.74) is 0.630. The fourth-order valence-electron chi connectivity index (χ4n) is 2.44. The van der Waals surface area contributed by atoms with Crippen molar-refractivity contribution >= 4 is 17.3 Å². The Morgan fingerprint density at radius 2 is 2.33 bits per heavy atom. The minimum Gasteiger partial charge on any atom is -0.368 e. The Morgan fingerprint density at radius 1 is 1.50 bits per heavy atom. The van der Waals surface area contributed by atoms with Gasteiger partial charge in [0, 0.05) is 24.2 Å². The second kappa shape index (κ2) is 6.39. The van der Waals surface area contributed by atoms with E-state index in [2.05, 4.69) is 17.1 Å². The van der Waals surface area contributed by atoms with Crippen LogP contribution in [-0.4, -0.2) is 25.7 Å². The van der Waals surface area contributed by atoms with Gasteiger partial charge in [0.15, 0.2) is 0 Å². The summed E-state index contributed by atoms with van der Waals surface area (Å²) in [6, 6.07) is 5.22. The van der Waals surface area contributed by atoms with Crippen LogP contribution in [0.3, 0.4) is 0 Å². The van der Waals surface area contributed by atoms with Gasteiger partial charge in [0.1, 0.15) is 5.82 Å². The minimum atomic E-state index is -0.185. The molecule has 2 nitrogen and oxygen atoms in total. The quantitative estimate of drug-likeness (QED) is 0.902. The molecule has 18 heavy (non-hydrogen) atoms. The van der Waals surface area contributed by atoms with Gasteiger partial charge in [-0.3, -0.25) is 0 Å². The topological polar surface area (TPSA) is 15.3 Å². The van der Waals surface area contributed by atoms with Crippen LogP contribution in [0.2, 0.25) is 5.02 Å². The van der Waals surface area contributed by atoms with Crippen LogP contribution in [0.4, 0.5) is 10.1 Å². The Labute approximate surface area is 113 Å². The molecule has 0 bridgehead atoms. The molecular formula is C14H20ClFN2. The lowest BCUT2D eigenvalue weighted by Gasteiger charge is -2.35. The summed E-state index contributed by atoms with van der Waals surface area (Å²) < 4.78 is 13.8. The van der Waals surface area contributed by atoms with Crippen LogP contribution < -0.4 is 10.2 Å². The second-order valence-electron chi connectivity index (χ2n) is 4.84. The van der Waals surface area contributed by atoms with Crippen LogP contribution in [0.25, 0.3) is 0 Å². The first-order valence-corrected chi connectivity index (χ1v) is 7.02. The zero-order valence-electron chi connectivity index (χ0n) is 10.8. The Morgan fingerprint density at radius 3 is 3.11 bits per heavy atom. The molecule has 1 saturated heterocycles. The third-order valence-corrected chi connectivity index (χ3v) is 3.59. The molecule has 2 rings (SSSR count). The highest BCUT2D eigenvalue weighted by Crippen LogP contribution is 2.26. The molecule has 0 aliphatic carbocycles. The largest absolute Gasteiger partial charge is 0.368 e. The van der Waals surface area contributed by atoms with E-state index in [1.807, 2.05) is 0 Å². The van der Waals surface area contributed by atoms with Crippen LogP contribution in [0.5, 0.6) is 0 Å². The number of rotatable bonds is 4. The number of piperidine rings is 1. The Hall–Kier alpha value is -0.800. The van der Waals surface area contributed by atoms with Crippen molar-refractivity contribution in [1.29, 1.82) is 0 Å². The molecule has 100 valence electrons. The molecule has 1 atom stereocenters. The minimum absolute atomic E-state index is 0.185. The van der Waals surface area contributed by atoms with E-state index >= 15 is 0 Å². The molecule has 1 fully saturated rings. The van der Waals surface area contributed by atoms with Crippen LogP contribution in [0.1, 0.15) is 26.2 Å². The van der Waals surface area contributed by atoms with Crippen molar-refractivity contribution in [3.63, 3.8) is 0 Å². The summed E-state index contributed by atoms with van der Waals surface area (Å²) in [6.07, 6.45) is 3.38. The maximum atomic E-state index is 13.8. The summed E-state index contributed by atoms with van der Waals surface area (Å²) in [6.45, 7) is 4.94. The van der Waals surface area contributed by atoms with Crippen molar-refractivity contribution in [3.8, 4) is 0 Å². The van der Waals surface area contributed by atoms with E-state index in [1.54, 1.807) is 12.1 Å². The fourth-order valence-corrected chi connectivity index (χ4v) is 2.61. The van der Waals surface area contributed by atoms with E-state index in [1.165, 1.54) is 12.5 Å². The van der Waals surface area contributed by atoms with Crippen LogP contribution in [0.15, 0.2) is 18.2 Å². The van der Waals surface area contributed by atoms with Crippen molar-refractivity contribution in [2.45, 2.75) is 32.2 Å². The number of hydrogen-bond donors (Lipinski definition) is 1. The van der Waals surface area contributed by atoms with E-state index in [0.29, 0.717) is 16.8 Å². The third kappa shape index (κ3) is 3.36. The Bertz CT molecular complexity index is 397. The molecular weight excluding hydrogens is 251 g/mol. The molecule has 0 amide bonds.